The molecule has 138 valence electrons. The second kappa shape index (κ2) is 8.73. The first-order chi connectivity index (χ1) is 12.6. The summed E-state index contributed by atoms with van der Waals surface area (Å²) in [5, 5.41) is 9.90. The number of amides is 1. The zero-order valence-electron chi connectivity index (χ0n) is 14.5. The van der Waals surface area contributed by atoms with E-state index in [0.717, 1.165) is 46.4 Å². The first-order valence-corrected chi connectivity index (χ1v) is 10.2. The topological polar surface area (TPSA) is 78.1 Å². The van der Waals surface area contributed by atoms with Crippen molar-refractivity contribution >= 4 is 44.9 Å². The number of nitrogens with one attached hydrogen (secondary N) is 2. The van der Waals surface area contributed by atoms with Crippen molar-refractivity contribution in [3.8, 4) is 0 Å². The van der Waals surface area contributed by atoms with Crippen molar-refractivity contribution < 1.29 is 9.59 Å². The van der Waals surface area contributed by atoms with Crippen LogP contribution in [0.5, 0.6) is 0 Å². The Bertz CT molecular complexity index is 791. The molecule has 0 bridgehead atoms. The number of benzene rings is 1. The third-order valence-electron chi connectivity index (χ3n) is 4.66. The average molecular weight is 437 g/mol. The molecule has 2 aromatic rings. The van der Waals surface area contributed by atoms with Crippen LogP contribution < -0.4 is 5.32 Å². The normalized spacial score (nSPS) is 13.9. The molecule has 1 amide bonds. The molecular formula is C18H21BrN4O2S. The second-order valence-corrected chi connectivity index (χ2v) is 7.99. The van der Waals surface area contributed by atoms with Gasteiger partial charge in [0.15, 0.2) is 5.62 Å². The molecule has 0 aliphatic heterocycles. The number of hydrogen-bond donors (Lipinski definition) is 2. The zero-order valence-corrected chi connectivity index (χ0v) is 16.9. The molecule has 1 aliphatic rings. The van der Waals surface area contributed by atoms with Gasteiger partial charge in [-0.05, 0) is 46.3 Å². The summed E-state index contributed by atoms with van der Waals surface area (Å²) in [6, 6.07) is 7.53. The van der Waals surface area contributed by atoms with Crippen LogP contribution in [0, 0.1) is 5.92 Å². The molecule has 0 unspecified atom stereocenters. The fourth-order valence-corrected chi connectivity index (χ4v) is 4.08. The van der Waals surface area contributed by atoms with Crippen LogP contribution in [-0.2, 0) is 11.3 Å². The van der Waals surface area contributed by atoms with E-state index in [4.69, 9.17) is 0 Å². The van der Waals surface area contributed by atoms with Gasteiger partial charge in [-0.2, -0.15) is 5.10 Å². The lowest BCUT2D eigenvalue weighted by atomic mass is 9.85. The van der Waals surface area contributed by atoms with E-state index in [1.807, 2.05) is 30.1 Å². The number of H-pyrrole nitrogens is 1. The van der Waals surface area contributed by atoms with Gasteiger partial charge in [0.05, 0.1) is 0 Å². The summed E-state index contributed by atoms with van der Waals surface area (Å²) in [7, 11) is 1.83. The highest BCUT2D eigenvalue weighted by atomic mass is 79.9. The minimum atomic E-state index is -0.0768. The van der Waals surface area contributed by atoms with Crippen molar-refractivity contribution in [1.29, 1.82) is 0 Å². The first-order valence-electron chi connectivity index (χ1n) is 8.52. The minimum absolute atomic E-state index is 0.0768. The van der Waals surface area contributed by atoms with Gasteiger partial charge in [0.2, 0.25) is 0 Å². The van der Waals surface area contributed by atoms with Crippen LogP contribution in [0.2, 0.25) is 0 Å². The van der Waals surface area contributed by atoms with Gasteiger partial charge in [0, 0.05) is 36.8 Å². The van der Waals surface area contributed by atoms with E-state index in [-0.39, 0.29) is 5.91 Å². The van der Waals surface area contributed by atoms with Crippen molar-refractivity contribution in [2.75, 3.05) is 18.9 Å². The number of anilines is 1. The average Bonchev–Trinajstić information content (AvgIpc) is 3.04. The minimum Gasteiger partial charge on any atom is -0.387 e. The van der Waals surface area contributed by atoms with Gasteiger partial charge in [-0.25, -0.2) is 0 Å². The molecule has 0 atom stereocenters. The lowest BCUT2D eigenvalue weighted by Gasteiger charge is -2.32. The van der Waals surface area contributed by atoms with E-state index >= 15 is 0 Å². The predicted octanol–water partition coefficient (Wildman–Crippen LogP) is 3.94. The third-order valence-corrected chi connectivity index (χ3v) is 5.88. The summed E-state index contributed by atoms with van der Waals surface area (Å²) in [6.45, 7) is 1.17. The molecule has 1 fully saturated rings. The molecule has 26 heavy (non-hydrogen) atoms. The van der Waals surface area contributed by atoms with E-state index in [2.05, 4.69) is 31.4 Å². The van der Waals surface area contributed by atoms with E-state index in [0.29, 0.717) is 29.3 Å². The third kappa shape index (κ3) is 4.29. The molecule has 1 aromatic heterocycles. The number of carbonyl (C=O) groups excluding carboxylic acids is 2. The van der Waals surface area contributed by atoms with Crippen molar-refractivity contribution in [1.82, 2.24) is 15.1 Å². The van der Waals surface area contributed by atoms with Gasteiger partial charge in [0.25, 0.3) is 5.91 Å². The Morgan fingerprint density at radius 2 is 2.31 bits per heavy atom. The maximum absolute atomic E-state index is 13.0. The van der Waals surface area contributed by atoms with E-state index in [9.17, 15) is 9.59 Å². The number of halogens is 1. The molecule has 0 saturated heterocycles. The van der Waals surface area contributed by atoms with Gasteiger partial charge in [-0.3, -0.25) is 14.7 Å². The molecule has 1 heterocycles. The van der Waals surface area contributed by atoms with Crippen molar-refractivity contribution in [2.45, 2.75) is 30.7 Å². The highest BCUT2D eigenvalue weighted by Crippen LogP contribution is 2.32. The largest absolute Gasteiger partial charge is 0.387 e. The lowest BCUT2D eigenvalue weighted by molar-refractivity contribution is 0.0672. The number of carbonyl (C=O) groups is 2. The van der Waals surface area contributed by atoms with Crippen LogP contribution in [0.3, 0.4) is 0 Å². The first kappa shape index (κ1) is 19.0. The van der Waals surface area contributed by atoms with E-state index < -0.39 is 0 Å². The zero-order chi connectivity index (χ0) is 18.5. The number of nitrogens with zero attached hydrogens (tertiary/aromatic N) is 2. The molecule has 3 rings (SSSR count). The van der Waals surface area contributed by atoms with Crippen LogP contribution in [-0.4, -0.2) is 40.2 Å². The monoisotopic (exact) mass is 436 g/mol. The van der Waals surface area contributed by atoms with Crippen LogP contribution in [0.4, 0.5) is 5.69 Å². The summed E-state index contributed by atoms with van der Waals surface area (Å²) in [5.74, 6) is 0.465. The Morgan fingerprint density at radius 3 is 2.88 bits per heavy atom. The molecule has 1 aromatic carbocycles. The van der Waals surface area contributed by atoms with Crippen molar-refractivity contribution in [3.05, 3.63) is 40.1 Å². The maximum Gasteiger partial charge on any atom is 0.272 e. The standard InChI is InChI=1S/C18H21BrN4O2S/c1-20-14-7-3-6-13(17(14)26-11-24)10-23(9-12-4-2-5-12)18(25)15-8-16(19)22-21-15/h3,6-8,11-12,20H,2,4-5,9-10H2,1H3,(H,21,22). The Morgan fingerprint density at radius 1 is 1.50 bits per heavy atom. The molecule has 0 radical (unpaired) electrons. The Hall–Kier alpha value is -1.80. The van der Waals surface area contributed by atoms with Crippen LogP contribution >= 0.6 is 27.7 Å². The number of aromatic nitrogens is 2. The summed E-state index contributed by atoms with van der Waals surface area (Å²) < 4.78 is 0.610. The lowest BCUT2D eigenvalue weighted by Crippen LogP contribution is -2.37. The molecule has 2 N–H and O–H groups in total. The van der Waals surface area contributed by atoms with Crippen LogP contribution in [0.15, 0.2) is 33.8 Å². The molecular weight excluding hydrogens is 416 g/mol. The molecule has 6 nitrogen and oxygen atoms in total. The van der Waals surface area contributed by atoms with Crippen LogP contribution in [0.1, 0.15) is 35.3 Å². The molecule has 8 heteroatoms. The van der Waals surface area contributed by atoms with Crippen LogP contribution in [0.25, 0.3) is 0 Å². The fraction of sp³-hybridized carbons (Fsp3) is 0.389. The van der Waals surface area contributed by atoms with Gasteiger partial charge in [-0.15, -0.1) is 0 Å². The highest BCUT2D eigenvalue weighted by molar-refractivity contribution is 9.10. The Labute approximate surface area is 165 Å². The molecule has 1 saturated carbocycles. The smallest absolute Gasteiger partial charge is 0.272 e. The summed E-state index contributed by atoms with van der Waals surface area (Å²) >= 11 is 4.42. The number of rotatable bonds is 8. The Balaban J connectivity index is 1.87. The maximum atomic E-state index is 13.0. The molecule has 0 spiro atoms. The number of hydrogen-bond acceptors (Lipinski definition) is 5. The number of thioether (sulfide) groups is 1. The second-order valence-electron chi connectivity index (χ2n) is 6.34. The Kier molecular flexibility index (Phi) is 6.37. The molecule has 1 aliphatic carbocycles. The summed E-state index contributed by atoms with van der Waals surface area (Å²) in [4.78, 5) is 26.8. The van der Waals surface area contributed by atoms with Crippen molar-refractivity contribution in [3.63, 3.8) is 0 Å². The van der Waals surface area contributed by atoms with Gasteiger partial charge < -0.3 is 10.2 Å². The predicted molar refractivity (Wildman–Crippen MR) is 107 cm³/mol. The van der Waals surface area contributed by atoms with E-state index in [1.165, 1.54) is 6.42 Å². The van der Waals surface area contributed by atoms with Gasteiger partial charge in [0.1, 0.15) is 10.3 Å². The van der Waals surface area contributed by atoms with E-state index in [1.54, 1.807) is 6.07 Å². The quantitative estimate of drug-likeness (QED) is 0.483. The number of aromatic amines is 1. The van der Waals surface area contributed by atoms with Gasteiger partial charge >= 0.3 is 0 Å². The fourth-order valence-electron chi connectivity index (χ4n) is 3.08. The highest BCUT2D eigenvalue weighted by Gasteiger charge is 2.26. The van der Waals surface area contributed by atoms with Gasteiger partial charge in [-0.1, -0.05) is 30.3 Å². The summed E-state index contributed by atoms with van der Waals surface area (Å²) in [5.41, 5.74) is 3.13. The SMILES string of the molecule is CNc1cccc(CN(CC2CCC2)C(=O)c2cc(Br)n[nH]2)c1SC=O. The summed E-state index contributed by atoms with van der Waals surface area (Å²) in [6.07, 6.45) is 3.54. The van der Waals surface area contributed by atoms with Crippen molar-refractivity contribution in [2.24, 2.45) is 5.92 Å².